The highest BCUT2D eigenvalue weighted by Gasteiger charge is 2.22. The van der Waals surface area contributed by atoms with Crippen LogP contribution in [0.15, 0.2) is 24.3 Å². The summed E-state index contributed by atoms with van der Waals surface area (Å²) in [5, 5.41) is 0. The van der Waals surface area contributed by atoms with Gasteiger partial charge in [0.1, 0.15) is 0 Å². The van der Waals surface area contributed by atoms with Gasteiger partial charge in [-0.1, -0.05) is 42.7 Å². The molecule has 2 nitrogen and oxygen atoms in total. The first-order valence-corrected chi connectivity index (χ1v) is 6.60. The second-order valence-corrected chi connectivity index (χ2v) is 5.24. The number of aryl methyl sites for hydroxylation is 1. The van der Waals surface area contributed by atoms with Crippen LogP contribution in [0.1, 0.15) is 43.4 Å². The second-order valence-electron chi connectivity index (χ2n) is 5.24. The zero-order chi connectivity index (χ0) is 12.3. The van der Waals surface area contributed by atoms with E-state index in [9.17, 15) is 0 Å². The summed E-state index contributed by atoms with van der Waals surface area (Å²) in [6.45, 7) is 5.01. The highest BCUT2D eigenvalue weighted by Crippen LogP contribution is 2.32. The lowest BCUT2D eigenvalue weighted by Crippen LogP contribution is -2.26. The van der Waals surface area contributed by atoms with Gasteiger partial charge >= 0.3 is 0 Å². The summed E-state index contributed by atoms with van der Waals surface area (Å²) < 4.78 is 5.81. The molecule has 2 heteroatoms. The molecule has 1 aliphatic rings. The Morgan fingerprint density at radius 1 is 1.29 bits per heavy atom. The third-order valence-corrected chi connectivity index (χ3v) is 3.57. The molecule has 17 heavy (non-hydrogen) atoms. The minimum Gasteiger partial charge on any atom is -0.377 e. The Morgan fingerprint density at radius 3 is 2.53 bits per heavy atom. The van der Waals surface area contributed by atoms with Gasteiger partial charge in [0.05, 0.1) is 12.1 Å². The lowest BCUT2D eigenvalue weighted by atomic mass is 10.0. The number of ether oxygens (including phenoxy) is 1. The number of rotatable bonds is 6. The molecule has 0 heterocycles. The van der Waals surface area contributed by atoms with Crippen molar-refractivity contribution in [2.24, 2.45) is 11.7 Å². The summed E-state index contributed by atoms with van der Waals surface area (Å²) in [5.74, 6) is 0.929. The summed E-state index contributed by atoms with van der Waals surface area (Å²) in [4.78, 5) is 0. The fourth-order valence-electron chi connectivity index (χ4n) is 1.99. The van der Waals surface area contributed by atoms with Gasteiger partial charge in [-0.05, 0) is 31.7 Å². The van der Waals surface area contributed by atoms with Crippen LogP contribution in [0, 0.1) is 12.8 Å². The van der Waals surface area contributed by atoms with Crippen LogP contribution in [0.3, 0.4) is 0 Å². The first-order chi connectivity index (χ1) is 8.16. The fourth-order valence-corrected chi connectivity index (χ4v) is 1.99. The van der Waals surface area contributed by atoms with E-state index in [4.69, 9.17) is 10.5 Å². The molecule has 0 saturated heterocycles. The highest BCUT2D eigenvalue weighted by molar-refractivity contribution is 5.24. The predicted molar refractivity (Wildman–Crippen MR) is 70.9 cm³/mol. The number of benzene rings is 1. The predicted octanol–water partition coefficient (Wildman–Crippen LogP) is 3.20. The van der Waals surface area contributed by atoms with Crippen molar-refractivity contribution in [2.45, 2.75) is 45.3 Å². The van der Waals surface area contributed by atoms with E-state index in [-0.39, 0.29) is 12.1 Å². The molecule has 1 aromatic carbocycles. The average Bonchev–Trinajstić information content (AvgIpc) is 3.13. The van der Waals surface area contributed by atoms with E-state index in [1.54, 1.807) is 0 Å². The molecule has 0 radical (unpaired) electrons. The van der Waals surface area contributed by atoms with Crippen LogP contribution in [0.5, 0.6) is 0 Å². The van der Waals surface area contributed by atoms with Crippen LogP contribution in [0.4, 0.5) is 0 Å². The Hall–Kier alpha value is -0.860. The average molecular weight is 233 g/mol. The molecule has 0 bridgehead atoms. The molecule has 1 aromatic rings. The van der Waals surface area contributed by atoms with Crippen molar-refractivity contribution >= 4 is 0 Å². The van der Waals surface area contributed by atoms with Crippen molar-refractivity contribution < 1.29 is 4.74 Å². The molecule has 1 fully saturated rings. The molecule has 0 spiro atoms. The van der Waals surface area contributed by atoms with Crippen molar-refractivity contribution in [2.75, 3.05) is 6.61 Å². The van der Waals surface area contributed by atoms with Gasteiger partial charge in [0.2, 0.25) is 0 Å². The SMILES string of the molecule is Cc1ccc(C(N)C(C)OCCC2CC2)cc1. The number of hydrogen-bond donors (Lipinski definition) is 1. The van der Waals surface area contributed by atoms with Gasteiger partial charge in [-0.2, -0.15) is 0 Å². The van der Waals surface area contributed by atoms with Crippen molar-refractivity contribution in [1.82, 2.24) is 0 Å². The normalized spacial score (nSPS) is 19.0. The molecular formula is C15H23NO. The maximum atomic E-state index is 6.20. The highest BCUT2D eigenvalue weighted by atomic mass is 16.5. The quantitative estimate of drug-likeness (QED) is 0.819. The monoisotopic (exact) mass is 233 g/mol. The fraction of sp³-hybridized carbons (Fsp3) is 0.600. The van der Waals surface area contributed by atoms with Crippen molar-refractivity contribution in [3.8, 4) is 0 Å². The van der Waals surface area contributed by atoms with Crippen LogP contribution in [-0.4, -0.2) is 12.7 Å². The first kappa shape index (κ1) is 12.6. The maximum absolute atomic E-state index is 6.20. The summed E-state index contributed by atoms with van der Waals surface area (Å²) in [5.41, 5.74) is 8.62. The van der Waals surface area contributed by atoms with Gasteiger partial charge in [-0.3, -0.25) is 0 Å². The van der Waals surface area contributed by atoms with Crippen LogP contribution < -0.4 is 5.73 Å². The van der Waals surface area contributed by atoms with Gasteiger partial charge in [0.25, 0.3) is 0 Å². The summed E-state index contributed by atoms with van der Waals surface area (Å²) >= 11 is 0. The van der Waals surface area contributed by atoms with E-state index in [1.807, 2.05) is 0 Å². The van der Waals surface area contributed by atoms with Gasteiger partial charge in [0.15, 0.2) is 0 Å². The summed E-state index contributed by atoms with van der Waals surface area (Å²) in [7, 11) is 0. The minimum absolute atomic E-state index is 0.0187. The van der Waals surface area contributed by atoms with Crippen LogP contribution in [-0.2, 0) is 4.74 Å². The van der Waals surface area contributed by atoms with E-state index in [1.165, 1.54) is 24.8 Å². The van der Waals surface area contributed by atoms with E-state index in [2.05, 4.69) is 38.1 Å². The van der Waals surface area contributed by atoms with Gasteiger partial charge in [-0.15, -0.1) is 0 Å². The maximum Gasteiger partial charge on any atom is 0.0739 e. The third kappa shape index (κ3) is 3.83. The minimum atomic E-state index is -0.0187. The number of nitrogens with two attached hydrogens (primary N) is 1. The van der Waals surface area contributed by atoms with Crippen LogP contribution >= 0.6 is 0 Å². The van der Waals surface area contributed by atoms with Gasteiger partial charge in [-0.25, -0.2) is 0 Å². The third-order valence-electron chi connectivity index (χ3n) is 3.57. The Labute approximate surface area is 104 Å². The molecule has 0 aliphatic heterocycles. The molecule has 0 aromatic heterocycles. The molecule has 0 amide bonds. The summed E-state index contributed by atoms with van der Waals surface area (Å²) in [6.07, 6.45) is 4.07. The van der Waals surface area contributed by atoms with Crippen molar-refractivity contribution in [3.63, 3.8) is 0 Å². The molecule has 1 aliphatic carbocycles. The summed E-state index contributed by atoms with van der Waals surface area (Å²) in [6, 6.07) is 8.38. The molecule has 2 N–H and O–H groups in total. The van der Waals surface area contributed by atoms with E-state index in [0.717, 1.165) is 18.1 Å². The Bertz CT molecular complexity index is 342. The zero-order valence-electron chi connectivity index (χ0n) is 10.9. The van der Waals surface area contributed by atoms with E-state index < -0.39 is 0 Å². The van der Waals surface area contributed by atoms with Crippen LogP contribution in [0.2, 0.25) is 0 Å². The molecule has 94 valence electrons. The number of hydrogen-bond acceptors (Lipinski definition) is 2. The second kappa shape index (κ2) is 5.65. The molecule has 1 saturated carbocycles. The largest absolute Gasteiger partial charge is 0.377 e. The van der Waals surface area contributed by atoms with Crippen LogP contribution in [0.25, 0.3) is 0 Å². The molecular weight excluding hydrogens is 210 g/mol. The zero-order valence-corrected chi connectivity index (χ0v) is 10.9. The van der Waals surface area contributed by atoms with E-state index >= 15 is 0 Å². The van der Waals surface area contributed by atoms with E-state index in [0.29, 0.717) is 0 Å². The smallest absolute Gasteiger partial charge is 0.0739 e. The molecule has 2 atom stereocenters. The lowest BCUT2D eigenvalue weighted by Gasteiger charge is -2.21. The Morgan fingerprint density at radius 2 is 1.94 bits per heavy atom. The first-order valence-electron chi connectivity index (χ1n) is 6.60. The van der Waals surface area contributed by atoms with Gasteiger partial charge < -0.3 is 10.5 Å². The Kier molecular flexibility index (Phi) is 4.19. The molecule has 2 unspecified atom stereocenters. The van der Waals surface area contributed by atoms with Crippen molar-refractivity contribution in [1.29, 1.82) is 0 Å². The van der Waals surface area contributed by atoms with Crippen molar-refractivity contribution in [3.05, 3.63) is 35.4 Å². The Balaban J connectivity index is 1.80. The van der Waals surface area contributed by atoms with Gasteiger partial charge in [0, 0.05) is 6.61 Å². The lowest BCUT2D eigenvalue weighted by molar-refractivity contribution is 0.0443. The topological polar surface area (TPSA) is 35.2 Å². The standard InChI is InChI=1S/C15H23NO/c1-11-3-7-14(8-4-11)15(16)12(2)17-10-9-13-5-6-13/h3-4,7-8,12-13,15H,5-6,9-10,16H2,1-2H3. The molecule has 2 rings (SSSR count).